The molecule has 1 unspecified atom stereocenters. The van der Waals surface area contributed by atoms with E-state index in [4.69, 9.17) is 4.74 Å². The summed E-state index contributed by atoms with van der Waals surface area (Å²) in [5.74, 6) is -0.489. The number of benzene rings is 3. The summed E-state index contributed by atoms with van der Waals surface area (Å²) < 4.78 is 5.38. The predicted molar refractivity (Wildman–Crippen MR) is 162 cm³/mol. The number of aromatic nitrogens is 1. The highest BCUT2D eigenvalue weighted by molar-refractivity contribution is 7.13. The number of anilines is 1. The molecule has 42 heavy (non-hydrogen) atoms. The van der Waals surface area contributed by atoms with Crippen LogP contribution < -0.4 is 10.6 Å². The molecule has 4 aromatic rings. The average Bonchev–Trinajstić information content (AvgIpc) is 3.66. The van der Waals surface area contributed by atoms with E-state index < -0.39 is 12.3 Å². The van der Waals surface area contributed by atoms with Crippen molar-refractivity contribution in [3.63, 3.8) is 0 Å². The lowest BCUT2D eigenvalue weighted by molar-refractivity contribution is -0.120. The minimum atomic E-state index is -0.796. The Kier molecular flexibility index (Phi) is 8.68. The standard InChI is InChI=1S/C32H33N5O4S/c38-29(33-12-14-36-15-17-41-18-16-36)24-8-6-22(7-9-24)25-10-11-26-21-37(31(40)27(26)20-25)28(23-4-2-1-3-5-23)30(39)35-32-34-13-19-42-32/h1-11,13,19-20,28-29,33,38H,12,14-18,21H2,(H,34,35,39)/t28-,29?/m1/s1. The van der Waals surface area contributed by atoms with Crippen LogP contribution in [0.2, 0.25) is 0 Å². The van der Waals surface area contributed by atoms with Gasteiger partial charge in [0.25, 0.3) is 11.8 Å². The van der Waals surface area contributed by atoms with E-state index in [2.05, 4.69) is 20.5 Å². The molecule has 1 fully saturated rings. The van der Waals surface area contributed by atoms with Crippen molar-refractivity contribution in [1.29, 1.82) is 0 Å². The summed E-state index contributed by atoms with van der Waals surface area (Å²) in [6, 6.07) is 22.1. The van der Waals surface area contributed by atoms with Gasteiger partial charge in [-0.1, -0.05) is 66.7 Å². The number of aliphatic hydroxyl groups excluding tert-OH is 1. The van der Waals surface area contributed by atoms with Crippen LogP contribution in [-0.2, 0) is 16.1 Å². The van der Waals surface area contributed by atoms with E-state index in [0.29, 0.717) is 23.8 Å². The highest BCUT2D eigenvalue weighted by Gasteiger charge is 2.37. The van der Waals surface area contributed by atoms with E-state index >= 15 is 0 Å². The molecule has 216 valence electrons. The van der Waals surface area contributed by atoms with E-state index in [-0.39, 0.29) is 11.8 Å². The number of hydrogen-bond acceptors (Lipinski definition) is 8. The number of amides is 2. The fourth-order valence-corrected chi connectivity index (χ4v) is 5.97. The lowest BCUT2D eigenvalue weighted by atomic mass is 9.99. The normalized spacial score (nSPS) is 16.7. The summed E-state index contributed by atoms with van der Waals surface area (Å²) >= 11 is 1.33. The number of morpholine rings is 1. The Morgan fingerprint density at radius 2 is 1.76 bits per heavy atom. The summed E-state index contributed by atoms with van der Waals surface area (Å²) in [4.78, 5) is 35.3. The molecule has 0 aliphatic carbocycles. The van der Waals surface area contributed by atoms with Gasteiger partial charge in [0.1, 0.15) is 12.3 Å². The SMILES string of the molecule is O=C(Nc1nccs1)[C@@H](c1ccccc1)N1Cc2ccc(-c3ccc(C(O)NCCN4CCOCC4)cc3)cc2C1=O. The van der Waals surface area contributed by atoms with Gasteiger partial charge in [-0.05, 0) is 33.9 Å². The van der Waals surface area contributed by atoms with E-state index in [1.807, 2.05) is 72.8 Å². The minimum absolute atomic E-state index is 0.188. The molecule has 2 atom stereocenters. The van der Waals surface area contributed by atoms with Gasteiger partial charge in [-0.25, -0.2) is 4.98 Å². The van der Waals surface area contributed by atoms with Gasteiger partial charge >= 0.3 is 0 Å². The predicted octanol–water partition coefficient (Wildman–Crippen LogP) is 4.06. The first-order valence-corrected chi connectivity index (χ1v) is 15.0. The highest BCUT2D eigenvalue weighted by atomic mass is 32.1. The van der Waals surface area contributed by atoms with Crippen LogP contribution in [-0.4, -0.2) is 71.1 Å². The van der Waals surface area contributed by atoms with Crippen molar-refractivity contribution in [2.75, 3.05) is 44.7 Å². The molecule has 9 nitrogen and oxygen atoms in total. The number of hydrogen-bond donors (Lipinski definition) is 3. The smallest absolute Gasteiger partial charge is 0.255 e. The Balaban J connectivity index is 1.15. The van der Waals surface area contributed by atoms with Crippen LogP contribution in [0, 0.1) is 0 Å². The van der Waals surface area contributed by atoms with Crippen LogP contribution in [0.5, 0.6) is 0 Å². The molecule has 0 saturated carbocycles. The van der Waals surface area contributed by atoms with Crippen LogP contribution in [0.1, 0.15) is 39.3 Å². The average molecular weight is 584 g/mol. The molecule has 2 aliphatic heterocycles. The van der Waals surface area contributed by atoms with Gasteiger partial charge in [0.15, 0.2) is 5.13 Å². The number of carbonyl (C=O) groups is 2. The van der Waals surface area contributed by atoms with Crippen molar-refractivity contribution in [1.82, 2.24) is 20.1 Å². The van der Waals surface area contributed by atoms with Gasteiger partial charge in [0, 0.05) is 49.9 Å². The summed E-state index contributed by atoms with van der Waals surface area (Å²) in [6.07, 6.45) is 0.868. The van der Waals surface area contributed by atoms with Gasteiger partial charge in [0.2, 0.25) is 0 Å². The van der Waals surface area contributed by atoms with E-state index in [9.17, 15) is 14.7 Å². The molecule has 3 aromatic carbocycles. The van der Waals surface area contributed by atoms with Crippen molar-refractivity contribution in [2.45, 2.75) is 18.8 Å². The highest BCUT2D eigenvalue weighted by Crippen LogP contribution is 2.35. The first-order chi connectivity index (χ1) is 20.6. The van der Waals surface area contributed by atoms with Crippen molar-refractivity contribution < 1.29 is 19.4 Å². The van der Waals surface area contributed by atoms with Crippen molar-refractivity contribution in [3.8, 4) is 11.1 Å². The molecule has 3 N–H and O–H groups in total. The fourth-order valence-electron chi connectivity index (χ4n) is 5.44. The fraction of sp³-hybridized carbons (Fsp3) is 0.281. The second kappa shape index (κ2) is 12.9. The zero-order chi connectivity index (χ0) is 28.9. The van der Waals surface area contributed by atoms with Crippen molar-refractivity contribution in [3.05, 3.63) is 107 Å². The molecule has 10 heteroatoms. The zero-order valence-corrected chi connectivity index (χ0v) is 23.9. The summed E-state index contributed by atoms with van der Waals surface area (Å²) in [5, 5.41) is 19.0. The van der Waals surface area contributed by atoms with Crippen LogP contribution in [0.15, 0.2) is 84.4 Å². The number of thiazole rings is 1. The first kappa shape index (κ1) is 28.2. The summed E-state index contributed by atoms with van der Waals surface area (Å²) in [7, 11) is 0. The van der Waals surface area contributed by atoms with Crippen molar-refractivity contribution in [2.24, 2.45) is 0 Å². The minimum Gasteiger partial charge on any atom is -0.379 e. The first-order valence-electron chi connectivity index (χ1n) is 14.1. The maximum absolute atomic E-state index is 13.7. The molecule has 6 rings (SSSR count). The monoisotopic (exact) mass is 583 g/mol. The molecule has 0 radical (unpaired) electrons. The number of nitrogens with zero attached hydrogens (tertiary/aromatic N) is 3. The Morgan fingerprint density at radius 3 is 2.50 bits per heavy atom. The van der Waals surface area contributed by atoms with E-state index in [1.165, 1.54) is 11.3 Å². The number of rotatable bonds is 10. The maximum Gasteiger partial charge on any atom is 0.255 e. The van der Waals surface area contributed by atoms with Crippen molar-refractivity contribution >= 4 is 28.3 Å². The van der Waals surface area contributed by atoms with Gasteiger partial charge in [-0.15, -0.1) is 11.3 Å². The van der Waals surface area contributed by atoms with Crippen LogP contribution >= 0.6 is 11.3 Å². The third kappa shape index (κ3) is 6.28. The molecular formula is C32H33N5O4S. The largest absolute Gasteiger partial charge is 0.379 e. The Labute approximate surface area is 248 Å². The number of fused-ring (bicyclic) bond motifs is 1. The van der Waals surface area contributed by atoms with Gasteiger partial charge in [-0.3, -0.25) is 25.1 Å². The number of carbonyl (C=O) groups excluding carboxylic acids is 2. The lowest BCUT2D eigenvalue weighted by Crippen LogP contribution is -2.40. The third-order valence-corrected chi connectivity index (χ3v) is 8.40. The summed E-state index contributed by atoms with van der Waals surface area (Å²) in [5.41, 5.74) is 4.82. The third-order valence-electron chi connectivity index (χ3n) is 7.71. The molecule has 1 saturated heterocycles. The molecule has 2 amide bonds. The van der Waals surface area contributed by atoms with Crippen LogP contribution in [0.25, 0.3) is 11.1 Å². The van der Waals surface area contributed by atoms with E-state index in [0.717, 1.165) is 60.7 Å². The Bertz CT molecular complexity index is 1510. The molecule has 0 bridgehead atoms. The quantitative estimate of drug-likeness (QED) is 0.242. The number of ether oxygens (including phenoxy) is 1. The molecule has 0 spiro atoms. The Morgan fingerprint density at radius 1 is 1.00 bits per heavy atom. The maximum atomic E-state index is 13.7. The molecule has 2 aliphatic rings. The van der Waals surface area contributed by atoms with Gasteiger partial charge in [0.05, 0.1) is 13.2 Å². The van der Waals surface area contributed by atoms with Gasteiger partial charge in [-0.2, -0.15) is 0 Å². The molecular weight excluding hydrogens is 550 g/mol. The Hall–Kier alpha value is -3.93. The van der Waals surface area contributed by atoms with Gasteiger partial charge < -0.3 is 14.7 Å². The molecule has 1 aromatic heterocycles. The lowest BCUT2D eigenvalue weighted by Gasteiger charge is -2.27. The number of aliphatic hydroxyl groups is 1. The summed E-state index contributed by atoms with van der Waals surface area (Å²) in [6.45, 7) is 5.22. The van der Waals surface area contributed by atoms with E-state index in [1.54, 1.807) is 16.5 Å². The second-order valence-corrected chi connectivity index (χ2v) is 11.3. The zero-order valence-electron chi connectivity index (χ0n) is 23.1. The van der Waals surface area contributed by atoms with Crippen LogP contribution in [0.4, 0.5) is 5.13 Å². The second-order valence-electron chi connectivity index (χ2n) is 10.4. The molecule has 3 heterocycles. The van der Waals surface area contributed by atoms with Crippen LogP contribution in [0.3, 0.4) is 0 Å². The topological polar surface area (TPSA) is 107 Å². The number of nitrogens with one attached hydrogen (secondary N) is 2.